The third-order valence-electron chi connectivity index (χ3n) is 6.60. The molecule has 0 unspecified atom stereocenters. The Bertz CT molecular complexity index is 1410. The van der Waals surface area contributed by atoms with Gasteiger partial charge in [0, 0.05) is 23.1 Å². The van der Waals surface area contributed by atoms with Gasteiger partial charge < -0.3 is 9.32 Å². The Kier molecular flexibility index (Phi) is 6.80. The molecular formula is C28H27BrN2O3S. The molecule has 0 saturated carbocycles. The van der Waals surface area contributed by atoms with E-state index in [2.05, 4.69) is 45.2 Å². The van der Waals surface area contributed by atoms with Gasteiger partial charge in [0.1, 0.15) is 0 Å². The first-order valence-electron chi connectivity index (χ1n) is 11.8. The van der Waals surface area contributed by atoms with Crippen LogP contribution >= 0.6 is 15.9 Å². The number of sulfone groups is 1. The number of benzene rings is 3. The standard InChI is InChI=1S/C28H27BrN2O3S/c1-20-7-5-6-10-25(20)26-30-27(35(32,33)24-13-11-23(29)12-14-24)28(34-26)31-17-15-22(16-18-31)19-21-8-3-2-4-9-21/h2-14,22H,15-19H2,1H3. The average Bonchev–Trinajstić information content (AvgIpc) is 3.32. The Morgan fingerprint density at radius 3 is 2.29 bits per heavy atom. The lowest BCUT2D eigenvalue weighted by Gasteiger charge is -2.32. The molecule has 5 rings (SSSR count). The summed E-state index contributed by atoms with van der Waals surface area (Å²) in [6.07, 6.45) is 2.96. The van der Waals surface area contributed by atoms with Crippen LogP contribution in [-0.4, -0.2) is 26.5 Å². The van der Waals surface area contributed by atoms with E-state index >= 15 is 0 Å². The van der Waals surface area contributed by atoms with Gasteiger partial charge >= 0.3 is 0 Å². The number of oxazole rings is 1. The minimum Gasteiger partial charge on any atom is -0.419 e. The van der Waals surface area contributed by atoms with Crippen molar-refractivity contribution in [3.8, 4) is 11.5 Å². The summed E-state index contributed by atoms with van der Waals surface area (Å²) in [5.41, 5.74) is 3.12. The van der Waals surface area contributed by atoms with Crippen molar-refractivity contribution in [1.29, 1.82) is 0 Å². The van der Waals surface area contributed by atoms with E-state index < -0.39 is 9.84 Å². The fourth-order valence-electron chi connectivity index (χ4n) is 4.61. The van der Waals surface area contributed by atoms with E-state index in [0.29, 0.717) is 17.7 Å². The molecule has 0 aliphatic carbocycles. The maximum Gasteiger partial charge on any atom is 0.236 e. The van der Waals surface area contributed by atoms with E-state index in [0.717, 1.165) is 48.0 Å². The summed E-state index contributed by atoms with van der Waals surface area (Å²) < 4.78 is 34.4. The summed E-state index contributed by atoms with van der Waals surface area (Å²) in [4.78, 5) is 6.81. The zero-order valence-corrected chi connectivity index (χ0v) is 21.9. The molecule has 1 saturated heterocycles. The SMILES string of the molecule is Cc1ccccc1-c1nc(S(=O)(=O)c2ccc(Br)cc2)c(N2CCC(Cc3ccccc3)CC2)o1. The summed E-state index contributed by atoms with van der Waals surface area (Å²) in [6.45, 7) is 3.42. The minimum atomic E-state index is -3.87. The number of rotatable bonds is 6. The molecule has 1 aliphatic rings. The molecule has 35 heavy (non-hydrogen) atoms. The predicted octanol–water partition coefficient (Wildman–Crippen LogP) is 6.70. The maximum absolute atomic E-state index is 13.7. The van der Waals surface area contributed by atoms with E-state index in [1.807, 2.05) is 42.2 Å². The Morgan fingerprint density at radius 2 is 1.60 bits per heavy atom. The summed E-state index contributed by atoms with van der Waals surface area (Å²) >= 11 is 3.38. The van der Waals surface area contributed by atoms with Gasteiger partial charge in [-0.3, -0.25) is 0 Å². The third-order valence-corrected chi connectivity index (χ3v) is 8.80. The first kappa shape index (κ1) is 23.8. The van der Waals surface area contributed by atoms with Gasteiger partial charge in [-0.05, 0) is 73.6 Å². The molecule has 2 heterocycles. The van der Waals surface area contributed by atoms with Gasteiger partial charge in [0.25, 0.3) is 0 Å². The lowest BCUT2D eigenvalue weighted by atomic mass is 9.90. The van der Waals surface area contributed by atoms with Crippen LogP contribution in [0.1, 0.15) is 24.0 Å². The lowest BCUT2D eigenvalue weighted by molar-refractivity contribution is 0.387. The van der Waals surface area contributed by atoms with Crippen LogP contribution < -0.4 is 4.90 Å². The molecule has 0 atom stereocenters. The van der Waals surface area contributed by atoms with Crippen molar-refractivity contribution in [2.45, 2.75) is 36.1 Å². The Balaban J connectivity index is 1.48. The van der Waals surface area contributed by atoms with Crippen molar-refractivity contribution < 1.29 is 12.8 Å². The van der Waals surface area contributed by atoms with Crippen LogP contribution in [0, 0.1) is 12.8 Å². The normalized spacial score (nSPS) is 14.9. The Hall–Kier alpha value is -2.90. The first-order chi connectivity index (χ1) is 16.9. The van der Waals surface area contributed by atoms with Gasteiger partial charge in [0.15, 0.2) is 0 Å². The highest BCUT2D eigenvalue weighted by molar-refractivity contribution is 9.10. The second-order valence-corrected chi connectivity index (χ2v) is 11.8. The van der Waals surface area contributed by atoms with Crippen molar-refractivity contribution in [1.82, 2.24) is 4.98 Å². The van der Waals surface area contributed by atoms with Crippen molar-refractivity contribution >= 4 is 31.7 Å². The van der Waals surface area contributed by atoms with Gasteiger partial charge in [-0.2, -0.15) is 4.98 Å². The number of halogens is 1. The number of aromatic nitrogens is 1. The topological polar surface area (TPSA) is 63.4 Å². The second kappa shape index (κ2) is 9.99. The second-order valence-electron chi connectivity index (χ2n) is 9.02. The number of aryl methyl sites for hydroxylation is 1. The van der Waals surface area contributed by atoms with Crippen LogP contribution in [-0.2, 0) is 16.3 Å². The predicted molar refractivity (Wildman–Crippen MR) is 141 cm³/mol. The molecule has 7 heteroatoms. The summed E-state index contributed by atoms with van der Waals surface area (Å²) in [5.74, 6) is 1.23. The fraction of sp³-hybridized carbons (Fsp3) is 0.250. The molecule has 1 fully saturated rings. The first-order valence-corrected chi connectivity index (χ1v) is 14.1. The van der Waals surface area contributed by atoms with E-state index in [-0.39, 0.29) is 9.92 Å². The number of piperidine rings is 1. The lowest BCUT2D eigenvalue weighted by Crippen LogP contribution is -2.34. The highest BCUT2D eigenvalue weighted by Gasteiger charge is 2.33. The molecule has 5 nitrogen and oxygen atoms in total. The van der Waals surface area contributed by atoms with E-state index in [4.69, 9.17) is 4.42 Å². The van der Waals surface area contributed by atoms with Crippen LogP contribution in [0.5, 0.6) is 0 Å². The molecule has 1 aromatic heterocycles. The van der Waals surface area contributed by atoms with E-state index in [1.54, 1.807) is 24.3 Å². The van der Waals surface area contributed by atoms with Gasteiger partial charge in [0.2, 0.25) is 26.6 Å². The van der Waals surface area contributed by atoms with Gasteiger partial charge in [-0.15, -0.1) is 0 Å². The van der Waals surface area contributed by atoms with Gasteiger partial charge in [0.05, 0.1) is 4.90 Å². The van der Waals surface area contributed by atoms with E-state index in [9.17, 15) is 8.42 Å². The van der Waals surface area contributed by atoms with Crippen LogP contribution in [0.4, 0.5) is 5.88 Å². The zero-order valence-electron chi connectivity index (χ0n) is 19.5. The molecular weight excluding hydrogens is 524 g/mol. The van der Waals surface area contributed by atoms with Crippen LogP contribution in [0.3, 0.4) is 0 Å². The monoisotopic (exact) mass is 550 g/mol. The van der Waals surface area contributed by atoms with Gasteiger partial charge in [-0.1, -0.05) is 64.5 Å². The molecule has 4 aromatic rings. The van der Waals surface area contributed by atoms with Crippen molar-refractivity contribution in [2.24, 2.45) is 5.92 Å². The van der Waals surface area contributed by atoms with Crippen molar-refractivity contribution in [3.63, 3.8) is 0 Å². The van der Waals surface area contributed by atoms with Gasteiger partial charge in [-0.25, -0.2) is 8.42 Å². The van der Waals surface area contributed by atoms with Crippen molar-refractivity contribution in [2.75, 3.05) is 18.0 Å². The molecule has 0 spiro atoms. The zero-order chi connectivity index (χ0) is 24.4. The molecule has 0 radical (unpaired) electrons. The summed E-state index contributed by atoms with van der Waals surface area (Å²) in [6, 6.07) is 24.9. The molecule has 1 aliphatic heterocycles. The van der Waals surface area contributed by atoms with E-state index in [1.165, 1.54) is 5.56 Å². The molecule has 0 N–H and O–H groups in total. The number of hydrogen-bond acceptors (Lipinski definition) is 5. The molecule has 180 valence electrons. The average molecular weight is 552 g/mol. The number of hydrogen-bond donors (Lipinski definition) is 0. The highest BCUT2D eigenvalue weighted by Crippen LogP contribution is 2.37. The number of anilines is 1. The van der Waals surface area contributed by atoms with Crippen LogP contribution in [0.15, 0.2) is 97.7 Å². The Labute approximate surface area is 214 Å². The summed E-state index contributed by atoms with van der Waals surface area (Å²) in [7, 11) is -3.87. The van der Waals surface area contributed by atoms with Crippen LogP contribution in [0.25, 0.3) is 11.5 Å². The molecule has 0 bridgehead atoms. The summed E-state index contributed by atoms with van der Waals surface area (Å²) in [5, 5.41) is -0.0143. The third kappa shape index (κ3) is 5.07. The van der Waals surface area contributed by atoms with Crippen LogP contribution in [0.2, 0.25) is 0 Å². The maximum atomic E-state index is 13.7. The van der Waals surface area contributed by atoms with Crippen molar-refractivity contribution in [3.05, 3.63) is 94.5 Å². The largest absolute Gasteiger partial charge is 0.419 e. The highest BCUT2D eigenvalue weighted by atomic mass is 79.9. The molecule has 3 aromatic carbocycles. The fourth-order valence-corrected chi connectivity index (χ4v) is 6.20. The minimum absolute atomic E-state index is 0.0143. The number of nitrogens with zero attached hydrogens (tertiary/aromatic N) is 2. The Morgan fingerprint density at radius 1 is 0.943 bits per heavy atom. The quantitative estimate of drug-likeness (QED) is 0.267. The molecule has 0 amide bonds. The smallest absolute Gasteiger partial charge is 0.236 e.